The second-order valence-electron chi connectivity index (χ2n) is 6.15. The number of thiocarbonyl (C=S) groups is 1. The minimum Gasteiger partial charge on any atom is -0.392 e. The van der Waals surface area contributed by atoms with Crippen molar-refractivity contribution >= 4 is 23.1 Å². The van der Waals surface area contributed by atoms with E-state index < -0.39 is 5.41 Å². The summed E-state index contributed by atoms with van der Waals surface area (Å²) >= 11 is 5.09. The second-order valence-corrected chi connectivity index (χ2v) is 6.59. The fraction of sp³-hybridized carbons (Fsp3) is 0.857. The maximum Gasteiger partial charge on any atom is 0.233 e. The van der Waals surface area contributed by atoms with Crippen molar-refractivity contribution in [2.24, 2.45) is 23.0 Å². The molecule has 0 aromatic rings. The zero-order chi connectivity index (χ0) is 13.3. The molecule has 2 fully saturated rings. The summed E-state index contributed by atoms with van der Waals surface area (Å²) in [7, 11) is 0. The van der Waals surface area contributed by atoms with Gasteiger partial charge in [0.2, 0.25) is 5.91 Å². The summed E-state index contributed by atoms with van der Waals surface area (Å²) in [5, 5.41) is 3.22. The lowest BCUT2D eigenvalue weighted by atomic mass is 9.67. The maximum absolute atomic E-state index is 12.4. The zero-order valence-corrected chi connectivity index (χ0v) is 12.2. The average Bonchev–Trinajstić information content (AvgIpc) is 2.22. The SMILES string of the molecule is CC1CCCC(NC(=O)C2(C(N)=S)CCC2)C1C. The summed E-state index contributed by atoms with van der Waals surface area (Å²) < 4.78 is 0. The molecule has 0 heterocycles. The summed E-state index contributed by atoms with van der Waals surface area (Å²) in [4.78, 5) is 12.8. The summed E-state index contributed by atoms with van der Waals surface area (Å²) in [6, 6.07) is 0.299. The molecule has 0 aromatic carbocycles. The van der Waals surface area contributed by atoms with Crippen molar-refractivity contribution < 1.29 is 4.79 Å². The molecule has 0 aromatic heterocycles. The Morgan fingerprint density at radius 2 is 1.94 bits per heavy atom. The van der Waals surface area contributed by atoms with Crippen molar-refractivity contribution in [3.05, 3.63) is 0 Å². The predicted octanol–water partition coefficient (Wildman–Crippen LogP) is 2.38. The molecule has 0 radical (unpaired) electrons. The van der Waals surface area contributed by atoms with Crippen molar-refractivity contribution in [1.82, 2.24) is 5.32 Å². The lowest BCUT2D eigenvalue weighted by Crippen LogP contribution is -2.56. The Kier molecular flexibility index (Phi) is 3.95. The highest BCUT2D eigenvalue weighted by Gasteiger charge is 2.47. The lowest BCUT2D eigenvalue weighted by Gasteiger charge is -2.42. The topological polar surface area (TPSA) is 55.1 Å². The van der Waals surface area contributed by atoms with Crippen LogP contribution in [0.3, 0.4) is 0 Å². The van der Waals surface area contributed by atoms with Crippen LogP contribution in [0.5, 0.6) is 0 Å². The van der Waals surface area contributed by atoms with Gasteiger partial charge in [0.05, 0.1) is 10.4 Å². The summed E-state index contributed by atoms with van der Waals surface area (Å²) in [6.07, 6.45) is 6.27. The van der Waals surface area contributed by atoms with Crippen LogP contribution in [-0.4, -0.2) is 16.9 Å². The van der Waals surface area contributed by atoms with Crippen LogP contribution in [0.1, 0.15) is 52.4 Å². The van der Waals surface area contributed by atoms with Crippen molar-refractivity contribution in [2.45, 2.75) is 58.4 Å². The van der Waals surface area contributed by atoms with Gasteiger partial charge in [-0.2, -0.15) is 0 Å². The summed E-state index contributed by atoms with van der Waals surface area (Å²) in [6.45, 7) is 4.51. The van der Waals surface area contributed by atoms with E-state index in [9.17, 15) is 4.79 Å². The molecule has 102 valence electrons. The number of amides is 1. The standard InChI is InChI=1S/C14H24N2OS/c1-9-5-3-6-11(10(9)2)16-13(17)14(12(15)18)7-4-8-14/h9-11H,3-8H2,1-2H3,(H2,15,18)(H,16,17). The second kappa shape index (κ2) is 5.16. The maximum atomic E-state index is 12.4. The van der Waals surface area contributed by atoms with E-state index in [2.05, 4.69) is 19.2 Å². The molecule has 3 N–H and O–H groups in total. The first-order chi connectivity index (χ1) is 8.47. The highest BCUT2D eigenvalue weighted by atomic mass is 32.1. The summed E-state index contributed by atoms with van der Waals surface area (Å²) in [5.74, 6) is 1.31. The van der Waals surface area contributed by atoms with E-state index in [4.69, 9.17) is 18.0 Å². The largest absolute Gasteiger partial charge is 0.392 e. The van der Waals surface area contributed by atoms with Crippen LogP contribution in [0.2, 0.25) is 0 Å². The molecule has 3 nitrogen and oxygen atoms in total. The molecule has 2 rings (SSSR count). The Hall–Kier alpha value is -0.640. The lowest BCUT2D eigenvalue weighted by molar-refractivity contribution is -0.132. The zero-order valence-electron chi connectivity index (χ0n) is 11.4. The van der Waals surface area contributed by atoms with Crippen LogP contribution in [-0.2, 0) is 4.79 Å². The van der Waals surface area contributed by atoms with Gasteiger partial charge in [0.1, 0.15) is 0 Å². The number of carbonyl (C=O) groups excluding carboxylic acids is 1. The number of rotatable bonds is 3. The highest BCUT2D eigenvalue weighted by molar-refractivity contribution is 7.80. The van der Waals surface area contributed by atoms with Crippen LogP contribution in [0.25, 0.3) is 0 Å². The van der Waals surface area contributed by atoms with E-state index in [-0.39, 0.29) is 5.91 Å². The van der Waals surface area contributed by atoms with Gasteiger partial charge >= 0.3 is 0 Å². The van der Waals surface area contributed by atoms with Crippen molar-refractivity contribution in [1.29, 1.82) is 0 Å². The molecule has 18 heavy (non-hydrogen) atoms. The molecule has 1 amide bonds. The van der Waals surface area contributed by atoms with Gasteiger partial charge in [-0.15, -0.1) is 0 Å². The van der Waals surface area contributed by atoms with Crippen LogP contribution < -0.4 is 11.1 Å². The monoisotopic (exact) mass is 268 g/mol. The minimum atomic E-state index is -0.532. The van der Waals surface area contributed by atoms with Gasteiger partial charge in [-0.3, -0.25) is 4.79 Å². The molecule has 0 spiro atoms. The predicted molar refractivity (Wildman–Crippen MR) is 77.2 cm³/mol. The molecular weight excluding hydrogens is 244 g/mol. The molecule has 0 bridgehead atoms. The Labute approximate surface area is 115 Å². The third-order valence-electron chi connectivity index (χ3n) is 5.14. The van der Waals surface area contributed by atoms with Gasteiger partial charge < -0.3 is 11.1 Å². The Balaban J connectivity index is 2.00. The number of carbonyl (C=O) groups is 1. The molecular formula is C14H24N2OS. The van der Waals surface area contributed by atoms with Crippen LogP contribution >= 0.6 is 12.2 Å². The molecule has 2 aliphatic rings. The fourth-order valence-electron chi connectivity index (χ4n) is 3.21. The van der Waals surface area contributed by atoms with Crippen LogP contribution in [0, 0.1) is 17.3 Å². The third-order valence-corrected chi connectivity index (χ3v) is 5.53. The number of hydrogen-bond acceptors (Lipinski definition) is 2. The summed E-state index contributed by atoms with van der Waals surface area (Å²) in [5.41, 5.74) is 5.24. The number of nitrogens with one attached hydrogen (secondary N) is 1. The van der Waals surface area contributed by atoms with Gasteiger partial charge in [0.25, 0.3) is 0 Å². The number of hydrogen-bond donors (Lipinski definition) is 2. The van der Waals surface area contributed by atoms with Gasteiger partial charge in [-0.1, -0.05) is 45.3 Å². The highest BCUT2D eigenvalue weighted by Crippen LogP contribution is 2.42. The molecule has 2 aliphatic carbocycles. The van der Waals surface area contributed by atoms with Gasteiger partial charge in [0.15, 0.2) is 0 Å². The number of nitrogens with two attached hydrogens (primary N) is 1. The van der Waals surface area contributed by atoms with Crippen molar-refractivity contribution in [3.8, 4) is 0 Å². The molecule has 0 saturated heterocycles. The van der Waals surface area contributed by atoms with E-state index in [1.807, 2.05) is 0 Å². The normalized spacial score (nSPS) is 34.4. The van der Waals surface area contributed by atoms with E-state index in [0.717, 1.165) is 25.7 Å². The molecule has 0 aliphatic heterocycles. The third kappa shape index (κ3) is 2.27. The molecule has 4 heteroatoms. The first-order valence-electron chi connectivity index (χ1n) is 7.08. The minimum absolute atomic E-state index is 0.0761. The molecule has 2 saturated carbocycles. The first kappa shape index (κ1) is 13.8. The van der Waals surface area contributed by atoms with Gasteiger partial charge in [-0.25, -0.2) is 0 Å². The van der Waals surface area contributed by atoms with Gasteiger partial charge in [0, 0.05) is 6.04 Å². The average molecular weight is 268 g/mol. The van der Waals surface area contributed by atoms with Crippen molar-refractivity contribution in [3.63, 3.8) is 0 Å². The first-order valence-corrected chi connectivity index (χ1v) is 7.49. The van der Waals surface area contributed by atoms with E-state index in [1.54, 1.807) is 0 Å². The molecule has 3 atom stereocenters. The van der Waals surface area contributed by atoms with Gasteiger partial charge in [-0.05, 0) is 31.1 Å². The van der Waals surface area contributed by atoms with Crippen LogP contribution in [0.15, 0.2) is 0 Å². The quantitative estimate of drug-likeness (QED) is 0.773. The van der Waals surface area contributed by atoms with E-state index >= 15 is 0 Å². The Morgan fingerprint density at radius 1 is 1.28 bits per heavy atom. The molecule has 3 unspecified atom stereocenters. The smallest absolute Gasteiger partial charge is 0.233 e. The van der Waals surface area contributed by atoms with Crippen LogP contribution in [0.4, 0.5) is 0 Å². The Morgan fingerprint density at radius 3 is 2.44 bits per heavy atom. The Bertz CT molecular complexity index is 352. The van der Waals surface area contributed by atoms with E-state index in [1.165, 1.54) is 12.8 Å². The van der Waals surface area contributed by atoms with E-state index in [0.29, 0.717) is 22.9 Å². The fourth-order valence-corrected chi connectivity index (χ4v) is 3.50. The van der Waals surface area contributed by atoms with Crippen molar-refractivity contribution in [2.75, 3.05) is 0 Å².